The maximum absolute atomic E-state index is 5.88. The van der Waals surface area contributed by atoms with Crippen LogP contribution < -0.4 is 10.5 Å². The Labute approximate surface area is 120 Å². The molecule has 0 unspecified atom stereocenters. The van der Waals surface area contributed by atoms with Gasteiger partial charge in [0.15, 0.2) is 0 Å². The minimum Gasteiger partial charge on any atom is -0.480 e. The fourth-order valence-electron chi connectivity index (χ4n) is 1.77. The Hall–Kier alpha value is -2.96. The molecule has 3 rings (SSSR count). The maximum Gasteiger partial charge on any atom is 0.258 e. The third kappa shape index (κ3) is 2.53. The van der Waals surface area contributed by atoms with E-state index in [1.54, 1.807) is 18.2 Å². The number of benzene rings is 1. The molecule has 7 nitrogen and oxygen atoms in total. The zero-order chi connectivity index (χ0) is 14.8. The van der Waals surface area contributed by atoms with Crippen LogP contribution in [0, 0.1) is 6.92 Å². The van der Waals surface area contributed by atoms with E-state index < -0.39 is 0 Å². The van der Waals surface area contributed by atoms with Crippen molar-refractivity contribution < 1.29 is 9.26 Å². The number of methoxy groups -OCH3 is 1. The smallest absolute Gasteiger partial charge is 0.258 e. The zero-order valence-corrected chi connectivity index (χ0v) is 11.6. The standard InChI is InChI=1S/C14H13N5O2/c1-8-3-4-9(7-10(8)15)14-16-13(19-21-14)11-5-6-12(20-2)18-17-11/h3-7H,15H2,1-2H3. The highest BCUT2D eigenvalue weighted by molar-refractivity contribution is 5.63. The predicted octanol–water partition coefficient (Wildman–Crippen LogP) is 2.09. The molecule has 2 N–H and O–H groups in total. The Balaban J connectivity index is 1.93. The van der Waals surface area contributed by atoms with Crippen molar-refractivity contribution in [3.05, 3.63) is 35.9 Å². The van der Waals surface area contributed by atoms with Crippen molar-refractivity contribution in [1.82, 2.24) is 20.3 Å². The highest BCUT2D eigenvalue weighted by atomic mass is 16.5. The van der Waals surface area contributed by atoms with Crippen LogP contribution in [0.2, 0.25) is 0 Å². The lowest BCUT2D eigenvalue weighted by molar-refractivity contribution is 0.392. The van der Waals surface area contributed by atoms with E-state index in [0.29, 0.717) is 29.0 Å². The molecule has 21 heavy (non-hydrogen) atoms. The first-order valence-corrected chi connectivity index (χ1v) is 6.25. The maximum atomic E-state index is 5.88. The lowest BCUT2D eigenvalue weighted by Gasteiger charge is -2.00. The summed E-state index contributed by atoms with van der Waals surface area (Å²) in [5.41, 5.74) is 8.83. The van der Waals surface area contributed by atoms with Crippen LogP contribution in [0.15, 0.2) is 34.9 Å². The lowest BCUT2D eigenvalue weighted by atomic mass is 10.1. The highest BCUT2D eigenvalue weighted by Gasteiger charge is 2.13. The van der Waals surface area contributed by atoms with Gasteiger partial charge in [0, 0.05) is 17.3 Å². The van der Waals surface area contributed by atoms with E-state index in [1.165, 1.54) is 7.11 Å². The van der Waals surface area contributed by atoms with E-state index >= 15 is 0 Å². The third-order valence-corrected chi connectivity index (χ3v) is 3.03. The van der Waals surface area contributed by atoms with Crippen LogP contribution in [0.5, 0.6) is 5.88 Å². The van der Waals surface area contributed by atoms with Gasteiger partial charge in [-0.25, -0.2) is 0 Å². The SMILES string of the molecule is COc1ccc(-c2noc(-c3ccc(C)c(N)c3)n2)nn1. The van der Waals surface area contributed by atoms with Gasteiger partial charge in [-0.1, -0.05) is 11.2 Å². The van der Waals surface area contributed by atoms with Gasteiger partial charge in [-0.15, -0.1) is 10.2 Å². The second-order valence-corrected chi connectivity index (χ2v) is 4.46. The van der Waals surface area contributed by atoms with E-state index in [1.807, 2.05) is 19.1 Å². The summed E-state index contributed by atoms with van der Waals surface area (Å²) in [5, 5.41) is 11.7. The molecule has 106 valence electrons. The fourth-order valence-corrected chi connectivity index (χ4v) is 1.77. The molecule has 0 bridgehead atoms. The number of anilines is 1. The Bertz CT molecular complexity index is 767. The lowest BCUT2D eigenvalue weighted by Crippen LogP contribution is -1.93. The Morgan fingerprint density at radius 2 is 2.00 bits per heavy atom. The van der Waals surface area contributed by atoms with E-state index in [-0.39, 0.29) is 0 Å². The summed E-state index contributed by atoms with van der Waals surface area (Å²) >= 11 is 0. The van der Waals surface area contributed by atoms with E-state index in [2.05, 4.69) is 20.3 Å². The van der Waals surface area contributed by atoms with Crippen molar-refractivity contribution in [2.75, 3.05) is 12.8 Å². The van der Waals surface area contributed by atoms with Crippen LogP contribution in [0.3, 0.4) is 0 Å². The molecular weight excluding hydrogens is 270 g/mol. The number of nitrogens with zero attached hydrogens (tertiary/aromatic N) is 4. The van der Waals surface area contributed by atoms with Gasteiger partial charge in [-0.05, 0) is 30.7 Å². The molecule has 0 aliphatic rings. The van der Waals surface area contributed by atoms with Crippen molar-refractivity contribution in [3.63, 3.8) is 0 Å². The molecule has 0 atom stereocenters. The summed E-state index contributed by atoms with van der Waals surface area (Å²) in [5.74, 6) is 1.17. The Morgan fingerprint density at radius 3 is 2.67 bits per heavy atom. The van der Waals surface area contributed by atoms with Crippen molar-refractivity contribution in [1.29, 1.82) is 0 Å². The van der Waals surface area contributed by atoms with E-state index in [0.717, 1.165) is 11.1 Å². The Kier molecular flexibility index (Phi) is 3.23. The molecule has 0 amide bonds. The molecule has 0 aliphatic carbocycles. The molecule has 0 radical (unpaired) electrons. The average molecular weight is 283 g/mol. The van der Waals surface area contributed by atoms with Crippen LogP contribution in [0.1, 0.15) is 5.56 Å². The topological polar surface area (TPSA) is 100.0 Å². The molecule has 2 heterocycles. The van der Waals surface area contributed by atoms with Crippen molar-refractivity contribution in [2.24, 2.45) is 0 Å². The molecule has 7 heteroatoms. The molecule has 0 saturated carbocycles. The van der Waals surface area contributed by atoms with Crippen molar-refractivity contribution in [3.8, 4) is 28.9 Å². The van der Waals surface area contributed by atoms with E-state index in [4.69, 9.17) is 15.0 Å². The van der Waals surface area contributed by atoms with Crippen molar-refractivity contribution in [2.45, 2.75) is 6.92 Å². The largest absolute Gasteiger partial charge is 0.480 e. The molecule has 3 aromatic rings. The average Bonchev–Trinajstić information content (AvgIpc) is 3.00. The zero-order valence-electron chi connectivity index (χ0n) is 11.6. The summed E-state index contributed by atoms with van der Waals surface area (Å²) in [6.07, 6.45) is 0. The summed E-state index contributed by atoms with van der Waals surface area (Å²) in [6.45, 7) is 1.94. The number of rotatable bonds is 3. The second kappa shape index (κ2) is 5.20. The predicted molar refractivity (Wildman–Crippen MR) is 76.5 cm³/mol. The van der Waals surface area contributed by atoms with Gasteiger partial charge in [-0.3, -0.25) is 0 Å². The van der Waals surface area contributed by atoms with Gasteiger partial charge in [0.25, 0.3) is 5.89 Å². The minimum atomic E-state index is 0.360. The van der Waals surface area contributed by atoms with Gasteiger partial charge in [0.05, 0.1) is 7.11 Å². The number of hydrogen-bond donors (Lipinski definition) is 1. The summed E-state index contributed by atoms with van der Waals surface area (Å²) in [6, 6.07) is 8.98. The molecule has 0 spiro atoms. The van der Waals surface area contributed by atoms with Crippen LogP contribution in [0.4, 0.5) is 5.69 Å². The molecule has 0 fully saturated rings. The normalized spacial score (nSPS) is 10.6. The monoisotopic (exact) mass is 283 g/mol. The van der Waals surface area contributed by atoms with Gasteiger partial charge in [0.2, 0.25) is 11.7 Å². The summed E-state index contributed by atoms with van der Waals surface area (Å²) in [4.78, 5) is 4.30. The second-order valence-electron chi connectivity index (χ2n) is 4.46. The number of ether oxygens (including phenoxy) is 1. The third-order valence-electron chi connectivity index (χ3n) is 3.03. The summed E-state index contributed by atoms with van der Waals surface area (Å²) in [7, 11) is 1.53. The number of hydrogen-bond acceptors (Lipinski definition) is 7. The number of nitrogen functional groups attached to an aromatic ring is 1. The van der Waals surface area contributed by atoms with E-state index in [9.17, 15) is 0 Å². The van der Waals surface area contributed by atoms with Crippen LogP contribution in [-0.2, 0) is 0 Å². The van der Waals surface area contributed by atoms with Crippen LogP contribution >= 0.6 is 0 Å². The quantitative estimate of drug-likeness (QED) is 0.734. The van der Waals surface area contributed by atoms with Gasteiger partial charge in [-0.2, -0.15) is 4.98 Å². The number of aryl methyl sites for hydroxylation is 1. The van der Waals surface area contributed by atoms with Crippen LogP contribution in [-0.4, -0.2) is 27.4 Å². The molecular formula is C14H13N5O2. The Morgan fingerprint density at radius 1 is 1.14 bits per heavy atom. The van der Waals surface area contributed by atoms with Crippen LogP contribution in [0.25, 0.3) is 23.0 Å². The molecule has 2 aromatic heterocycles. The first-order valence-electron chi connectivity index (χ1n) is 6.25. The minimum absolute atomic E-state index is 0.360. The number of aromatic nitrogens is 4. The first kappa shape index (κ1) is 13.0. The number of nitrogens with two attached hydrogens (primary N) is 1. The fraction of sp³-hybridized carbons (Fsp3) is 0.143. The van der Waals surface area contributed by atoms with Crippen molar-refractivity contribution >= 4 is 5.69 Å². The summed E-state index contributed by atoms with van der Waals surface area (Å²) < 4.78 is 10.2. The molecule has 0 saturated heterocycles. The van der Waals surface area contributed by atoms with Gasteiger partial charge >= 0.3 is 0 Å². The van der Waals surface area contributed by atoms with Gasteiger partial charge in [0.1, 0.15) is 5.69 Å². The molecule has 0 aliphatic heterocycles. The highest BCUT2D eigenvalue weighted by Crippen LogP contribution is 2.24. The van der Waals surface area contributed by atoms with Gasteiger partial charge < -0.3 is 15.0 Å². The first-order chi connectivity index (χ1) is 10.2. The molecule has 1 aromatic carbocycles.